The van der Waals surface area contributed by atoms with Gasteiger partial charge in [-0.25, -0.2) is 0 Å². The van der Waals surface area contributed by atoms with Gasteiger partial charge in [0, 0.05) is 24.4 Å². The summed E-state index contributed by atoms with van der Waals surface area (Å²) in [6.45, 7) is 5.23. The van der Waals surface area contributed by atoms with Gasteiger partial charge in [-0.2, -0.15) is 0 Å². The minimum absolute atomic E-state index is 0.113. The van der Waals surface area contributed by atoms with Gasteiger partial charge in [-0.15, -0.1) is 0 Å². The Kier molecular flexibility index (Phi) is 3.64. The van der Waals surface area contributed by atoms with Crippen LogP contribution in [0.3, 0.4) is 0 Å². The van der Waals surface area contributed by atoms with E-state index in [4.69, 9.17) is 0 Å². The third-order valence-electron chi connectivity index (χ3n) is 3.15. The highest BCUT2D eigenvalue weighted by atomic mass is 16.3. The molecule has 2 aromatic rings. The smallest absolute Gasteiger partial charge is 0.0832 e. The molecule has 1 aromatic heterocycles. The molecular weight excluding hydrogens is 210 g/mol. The molecule has 0 bridgehead atoms. The number of nitrogens with zero attached hydrogens (tertiary/aromatic N) is 1. The van der Waals surface area contributed by atoms with Crippen molar-refractivity contribution in [2.24, 2.45) is 0 Å². The van der Waals surface area contributed by atoms with Crippen molar-refractivity contribution in [1.82, 2.24) is 4.57 Å². The van der Waals surface area contributed by atoms with Crippen LogP contribution in [0.15, 0.2) is 36.4 Å². The van der Waals surface area contributed by atoms with Gasteiger partial charge >= 0.3 is 0 Å². The van der Waals surface area contributed by atoms with E-state index in [1.165, 1.54) is 16.8 Å². The summed E-state index contributed by atoms with van der Waals surface area (Å²) in [6.07, 6.45) is 0.925. The fourth-order valence-electron chi connectivity index (χ4n) is 2.17. The molecule has 2 heteroatoms. The Morgan fingerprint density at radius 3 is 2.24 bits per heavy atom. The molecule has 90 valence electrons. The molecular formula is C15H19NO. The molecule has 0 saturated heterocycles. The zero-order valence-electron chi connectivity index (χ0n) is 10.5. The summed E-state index contributed by atoms with van der Waals surface area (Å²) in [6, 6.07) is 12.7. The van der Waals surface area contributed by atoms with E-state index in [0.717, 1.165) is 18.7 Å². The summed E-state index contributed by atoms with van der Waals surface area (Å²) in [4.78, 5) is 0. The third kappa shape index (κ3) is 2.59. The molecule has 0 unspecified atom stereocenters. The average molecular weight is 229 g/mol. The number of benzene rings is 1. The Morgan fingerprint density at radius 2 is 1.65 bits per heavy atom. The van der Waals surface area contributed by atoms with Gasteiger partial charge in [-0.1, -0.05) is 29.8 Å². The van der Waals surface area contributed by atoms with Gasteiger partial charge in [0.05, 0.1) is 6.61 Å². The standard InChI is InChI=1S/C15H19NO/c1-3-16-14(8-9-15(16)11-17)10-13-6-4-12(2)5-7-13/h4-9,17H,3,10-11H2,1-2H3. The maximum atomic E-state index is 9.24. The lowest BCUT2D eigenvalue weighted by atomic mass is 10.1. The molecule has 1 aromatic carbocycles. The first kappa shape index (κ1) is 11.9. The molecule has 1 heterocycles. The fraction of sp³-hybridized carbons (Fsp3) is 0.333. The Balaban J connectivity index is 2.23. The lowest BCUT2D eigenvalue weighted by molar-refractivity contribution is 0.270. The number of aliphatic hydroxyl groups is 1. The van der Waals surface area contributed by atoms with Crippen LogP contribution < -0.4 is 0 Å². The normalized spacial score (nSPS) is 10.8. The van der Waals surface area contributed by atoms with Crippen LogP contribution in [0.25, 0.3) is 0 Å². The van der Waals surface area contributed by atoms with E-state index in [9.17, 15) is 5.11 Å². The van der Waals surface area contributed by atoms with E-state index < -0.39 is 0 Å². The molecule has 2 nitrogen and oxygen atoms in total. The van der Waals surface area contributed by atoms with Crippen LogP contribution in [0.5, 0.6) is 0 Å². The van der Waals surface area contributed by atoms with E-state index in [-0.39, 0.29) is 6.61 Å². The fourth-order valence-corrected chi connectivity index (χ4v) is 2.17. The Labute approximate surface area is 103 Å². The third-order valence-corrected chi connectivity index (χ3v) is 3.15. The molecule has 0 spiro atoms. The zero-order valence-corrected chi connectivity index (χ0v) is 10.5. The molecule has 17 heavy (non-hydrogen) atoms. The summed E-state index contributed by atoms with van der Waals surface area (Å²) in [5.41, 5.74) is 4.86. The van der Waals surface area contributed by atoms with Crippen molar-refractivity contribution in [3.05, 3.63) is 58.9 Å². The molecule has 0 saturated carbocycles. The summed E-state index contributed by atoms with van der Waals surface area (Å²) in [5.74, 6) is 0. The van der Waals surface area contributed by atoms with Crippen molar-refractivity contribution in [3.8, 4) is 0 Å². The SMILES string of the molecule is CCn1c(CO)ccc1Cc1ccc(C)cc1. The molecule has 0 atom stereocenters. The first-order chi connectivity index (χ1) is 8.24. The van der Waals surface area contributed by atoms with E-state index in [2.05, 4.69) is 48.7 Å². The number of hydrogen-bond acceptors (Lipinski definition) is 1. The molecule has 0 fully saturated rings. The zero-order chi connectivity index (χ0) is 12.3. The monoisotopic (exact) mass is 229 g/mol. The highest BCUT2D eigenvalue weighted by molar-refractivity contribution is 5.27. The second-order valence-electron chi connectivity index (χ2n) is 4.38. The maximum absolute atomic E-state index is 9.24. The second kappa shape index (κ2) is 5.19. The van der Waals surface area contributed by atoms with E-state index >= 15 is 0 Å². The minimum atomic E-state index is 0.113. The van der Waals surface area contributed by atoms with Crippen LogP contribution in [0.2, 0.25) is 0 Å². The van der Waals surface area contributed by atoms with Gasteiger partial charge in [0.25, 0.3) is 0 Å². The topological polar surface area (TPSA) is 25.2 Å². The molecule has 0 aliphatic heterocycles. The number of aryl methyl sites for hydroxylation is 1. The Hall–Kier alpha value is -1.54. The average Bonchev–Trinajstić information content (AvgIpc) is 2.74. The Morgan fingerprint density at radius 1 is 1.00 bits per heavy atom. The minimum Gasteiger partial charge on any atom is -0.390 e. The maximum Gasteiger partial charge on any atom is 0.0832 e. The second-order valence-corrected chi connectivity index (χ2v) is 4.38. The van der Waals surface area contributed by atoms with Gasteiger partial charge in [-0.05, 0) is 31.5 Å². The van der Waals surface area contributed by atoms with Gasteiger partial charge in [0.2, 0.25) is 0 Å². The summed E-state index contributed by atoms with van der Waals surface area (Å²) >= 11 is 0. The highest BCUT2D eigenvalue weighted by Crippen LogP contribution is 2.15. The van der Waals surface area contributed by atoms with Gasteiger partial charge in [0.15, 0.2) is 0 Å². The first-order valence-corrected chi connectivity index (χ1v) is 6.08. The quantitative estimate of drug-likeness (QED) is 0.856. The molecule has 0 radical (unpaired) electrons. The van der Waals surface area contributed by atoms with Crippen LogP contribution in [0, 0.1) is 6.92 Å². The van der Waals surface area contributed by atoms with Gasteiger partial charge < -0.3 is 9.67 Å². The summed E-state index contributed by atoms with van der Waals surface area (Å²) < 4.78 is 2.18. The van der Waals surface area contributed by atoms with E-state index in [1.54, 1.807) is 0 Å². The van der Waals surface area contributed by atoms with E-state index in [1.807, 2.05) is 6.07 Å². The van der Waals surface area contributed by atoms with Crippen molar-refractivity contribution in [2.75, 3.05) is 0 Å². The van der Waals surface area contributed by atoms with Crippen LogP contribution in [0.1, 0.15) is 29.4 Å². The van der Waals surface area contributed by atoms with Crippen molar-refractivity contribution < 1.29 is 5.11 Å². The van der Waals surface area contributed by atoms with Crippen LogP contribution in [-0.4, -0.2) is 9.67 Å². The van der Waals surface area contributed by atoms with Crippen molar-refractivity contribution in [2.45, 2.75) is 33.4 Å². The summed E-state index contributed by atoms with van der Waals surface area (Å²) in [5, 5.41) is 9.24. The van der Waals surface area contributed by atoms with Crippen molar-refractivity contribution in [3.63, 3.8) is 0 Å². The largest absolute Gasteiger partial charge is 0.390 e. The van der Waals surface area contributed by atoms with Gasteiger partial charge in [-0.3, -0.25) is 0 Å². The molecule has 0 aliphatic rings. The lowest BCUT2D eigenvalue weighted by Crippen LogP contribution is -2.05. The first-order valence-electron chi connectivity index (χ1n) is 6.08. The highest BCUT2D eigenvalue weighted by Gasteiger charge is 2.06. The van der Waals surface area contributed by atoms with Crippen LogP contribution >= 0.6 is 0 Å². The molecule has 2 rings (SSSR count). The predicted molar refractivity (Wildman–Crippen MR) is 70.0 cm³/mol. The van der Waals surface area contributed by atoms with Gasteiger partial charge in [0.1, 0.15) is 0 Å². The van der Waals surface area contributed by atoms with E-state index in [0.29, 0.717) is 0 Å². The molecule has 0 aliphatic carbocycles. The lowest BCUT2D eigenvalue weighted by Gasteiger charge is -2.10. The van der Waals surface area contributed by atoms with Crippen LogP contribution in [-0.2, 0) is 19.6 Å². The van der Waals surface area contributed by atoms with Crippen molar-refractivity contribution >= 4 is 0 Å². The Bertz CT molecular complexity index is 482. The number of rotatable bonds is 4. The van der Waals surface area contributed by atoms with Crippen LogP contribution in [0.4, 0.5) is 0 Å². The summed E-state index contributed by atoms with van der Waals surface area (Å²) in [7, 11) is 0. The predicted octanol–water partition coefficient (Wildman–Crippen LogP) is 2.90. The number of aromatic nitrogens is 1. The van der Waals surface area contributed by atoms with Crippen molar-refractivity contribution in [1.29, 1.82) is 0 Å². The molecule has 1 N–H and O–H groups in total. The number of hydrogen-bond donors (Lipinski definition) is 1. The number of aliphatic hydroxyl groups excluding tert-OH is 1. The molecule has 0 amide bonds.